The molecular formula is C19H23FN4O3S2. The number of carbonyl (C=O) groups is 1. The first-order valence-electron chi connectivity index (χ1n) is 9.56. The molecule has 1 atom stereocenters. The molecule has 1 unspecified atom stereocenters. The Bertz CT molecular complexity index is 1010. The van der Waals surface area contributed by atoms with E-state index in [0.29, 0.717) is 24.5 Å². The van der Waals surface area contributed by atoms with Gasteiger partial charge in [0.1, 0.15) is 5.82 Å². The second kappa shape index (κ2) is 8.10. The lowest BCUT2D eigenvalue weighted by atomic mass is 9.99. The average Bonchev–Trinajstić information content (AvgIpc) is 3.09. The zero-order valence-corrected chi connectivity index (χ0v) is 17.7. The zero-order chi connectivity index (χ0) is 20.6. The summed E-state index contributed by atoms with van der Waals surface area (Å²) in [5.74, 6) is -1.14. The molecule has 1 N–H and O–H groups in total. The number of sulfonamides is 1. The van der Waals surface area contributed by atoms with Gasteiger partial charge in [0, 0.05) is 37.5 Å². The van der Waals surface area contributed by atoms with Crippen molar-refractivity contribution >= 4 is 32.4 Å². The SMILES string of the molecule is CN1CCc2nc(NC(=O)C3CCCN(S(=O)(=O)c4ccc(F)cc4)C3)sc2C1. The van der Waals surface area contributed by atoms with Crippen LogP contribution in [0, 0.1) is 11.7 Å². The van der Waals surface area contributed by atoms with Gasteiger partial charge in [0.15, 0.2) is 5.13 Å². The van der Waals surface area contributed by atoms with E-state index in [9.17, 15) is 17.6 Å². The Kier molecular flexibility index (Phi) is 5.69. The van der Waals surface area contributed by atoms with Crippen LogP contribution in [0.5, 0.6) is 0 Å². The number of piperidine rings is 1. The largest absolute Gasteiger partial charge is 0.302 e. The van der Waals surface area contributed by atoms with Crippen LogP contribution in [-0.4, -0.2) is 55.2 Å². The van der Waals surface area contributed by atoms with Crippen molar-refractivity contribution in [1.82, 2.24) is 14.2 Å². The van der Waals surface area contributed by atoms with E-state index >= 15 is 0 Å². The number of halogens is 1. The summed E-state index contributed by atoms with van der Waals surface area (Å²) in [4.78, 5) is 20.7. The van der Waals surface area contributed by atoms with Gasteiger partial charge in [0.25, 0.3) is 0 Å². The highest BCUT2D eigenvalue weighted by molar-refractivity contribution is 7.89. The van der Waals surface area contributed by atoms with Gasteiger partial charge in [-0.25, -0.2) is 17.8 Å². The van der Waals surface area contributed by atoms with E-state index in [2.05, 4.69) is 22.2 Å². The number of hydrogen-bond donors (Lipinski definition) is 1. The quantitative estimate of drug-likeness (QED) is 0.792. The number of amides is 1. The minimum absolute atomic E-state index is 0.0386. The molecule has 1 saturated heterocycles. The Morgan fingerprint density at radius 1 is 1.28 bits per heavy atom. The van der Waals surface area contributed by atoms with Crippen molar-refractivity contribution in [3.05, 3.63) is 40.7 Å². The summed E-state index contributed by atoms with van der Waals surface area (Å²) >= 11 is 1.48. The molecule has 2 aliphatic rings. The number of nitrogens with one attached hydrogen (secondary N) is 1. The van der Waals surface area contributed by atoms with Crippen LogP contribution in [-0.2, 0) is 27.8 Å². The molecule has 0 bridgehead atoms. The number of benzene rings is 1. The van der Waals surface area contributed by atoms with Crippen molar-refractivity contribution in [2.24, 2.45) is 5.92 Å². The fourth-order valence-corrected chi connectivity index (χ4v) is 6.33. The molecule has 4 rings (SSSR count). The third kappa shape index (κ3) is 4.35. The first-order chi connectivity index (χ1) is 13.8. The average molecular weight is 439 g/mol. The summed E-state index contributed by atoms with van der Waals surface area (Å²) < 4.78 is 40.1. The van der Waals surface area contributed by atoms with Crippen molar-refractivity contribution in [3.63, 3.8) is 0 Å². The third-order valence-corrected chi connectivity index (χ3v) is 8.24. The van der Waals surface area contributed by atoms with Crippen LogP contribution in [0.1, 0.15) is 23.4 Å². The van der Waals surface area contributed by atoms with Crippen molar-refractivity contribution in [1.29, 1.82) is 0 Å². The van der Waals surface area contributed by atoms with Crippen molar-refractivity contribution in [2.45, 2.75) is 30.7 Å². The Morgan fingerprint density at radius 3 is 2.79 bits per heavy atom. The number of fused-ring (bicyclic) bond motifs is 1. The van der Waals surface area contributed by atoms with Crippen LogP contribution in [0.25, 0.3) is 0 Å². The molecule has 0 spiro atoms. The standard InChI is InChI=1S/C19H23FN4O3S2/c1-23-10-8-16-17(12-23)28-19(21-16)22-18(25)13-3-2-9-24(11-13)29(26,27)15-6-4-14(20)5-7-15/h4-7,13H,2-3,8-12H2,1H3,(H,21,22,25). The van der Waals surface area contributed by atoms with E-state index in [0.717, 1.165) is 37.3 Å². The highest BCUT2D eigenvalue weighted by Crippen LogP contribution is 2.29. The van der Waals surface area contributed by atoms with Gasteiger partial charge in [-0.1, -0.05) is 0 Å². The van der Waals surface area contributed by atoms with Gasteiger partial charge in [-0.15, -0.1) is 11.3 Å². The molecule has 0 aliphatic carbocycles. The fourth-order valence-electron chi connectivity index (χ4n) is 3.71. The molecular weight excluding hydrogens is 415 g/mol. The van der Waals surface area contributed by atoms with Gasteiger partial charge < -0.3 is 10.2 Å². The second-order valence-electron chi connectivity index (χ2n) is 7.52. The molecule has 1 fully saturated rings. The van der Waals surface area contributed by atoms with E-state index in [-0.39, 0.29) is 17.3 Å². The second-order valence-corrected chi connectivity index (χ2v) is 10.5. The van der Waals surface area contributed by atoms with Crippen LogP contribution in [0.15, 0.2) is 29.2 Å². The number of carbonyl (C=O) groups excluding carboxylic acids is 1. The molecule has 2 aliphatic heterocycles. The first-order valence-corrected chi connectivity index (χ1v) is 11.8. The molecule has 10 heteroatoms. The molecule has 1 aromatic carbocycles. The van der Waals surface area contributed by atoms with E-state index in [1.807, 2.05) is 0 Å². The lowest BCUT2D eigenvalue weighted by Gasteiger charge is -2.31. The minimum Gasteiger partial charge on any atom is -0.302 e. The lowest BCUT2D eigenvalue weighted by Crippen LogP contribution is -2.43. The molecule has 2 aromatic rings. The van der Waals surface area contributed by atoms with Gasteiger partial charge in [-0.05, 0) is 44.2 Å². The third-order valence-electron chi connectivity index (χ3n) is 5.36. The van der Waals surface area contributed by atoms with Crippen LogP contribution < -0.4 is 5.32 Å². The maximum atomic E-state index is 13.1. The molecule has 0 radical (unpaired) electrons. The normalized spacial score (nSPS) is 21.0. The Labute approximate surface area is 173 Å². The fraction of sp³-hybridized carbons (Fsp3) is 0.474. The van der Waals surface area contributed by atoms with E-state index < -0.39 is 21.8 Å². The molecule has 29 heavy (non-hydrogen) atoms. The van der Waals surface area contributed by atoms with Crippen LogP contribution in [0.3, 0.4) is 0 Å². The highest BCUT2D eigenvalue weighted by Gasteiger charge is 2.33. The van der Waals surface area contributed by atoms with Crippen LogP contribution in [0.2, 0.25) is 0 Å². The van der Waals surface area contributed by atoms with Gasteiger partial charge >= 0.3 is 0 Å². The van der Waals surface area contributed by atoms with Crippen molar-refractivity contribution < 1.29 is 17.6 Å². The topological polar surface area (TPSA) is 82.6 Å². The van der Waals surface area contributed by atoms with Crippen molar-refractivity contribution in [3.8, 4) is 0 Å². The molecule has 1 amide bonds. The number of anilines is 1. The Hall–Kier alpha value is -1.88. The molecule has 3 heterocycles. The molecule has 1 aromatic heterocycles. The summed E-state index contributed by atoms with van der Waals surface area (Å²) in [6, 6.07) is 4.77. The number of nitrogens with zero attached hydrogens (tertiary/aromatic N) is 3. The maximum Gasteiger partial charge on any atom is 0.243 e. The Balaban J connectivity index is 1.44. The van der Waals surface area contributed by atoms with Crippen LogP contribution >= 0.6 is 11.3 Å². The lowest BCUT2D eigenvalue weighted by molar-refractivity contribution is -0.120. The molecule has 156 valence electrons. The van der Waals surface area contributed by atoms with Gasteiger partial charge in [0.2, 0.25) is 15.9 Å². The zero-order valence-electron chi connectivity index (χ0n) is 16.1. The summed E-state index contributed by atoms with van der Waals surface area (Å²) in [5, 5.41) is 3.46. The van der Waals surface area contributed by atoms with Gasteiger partial charge in [-0.2, -0.15) is 4.31 Å². The van der Waals surface area contributed by atoms with Crippen LogP contribution in [0.4, 0.5) is 9.52 Å². The van der Waals surface area contributed by atoms with Gasteiger partial charge in [-0.3, -0.25) is 4.79 Å². The molecule has 0 saturated carbocycles. The van der Waals surface area contributed by atoms with Crippen molar-refractivity contribution in [2.75, 3.05) is 32.0 Å². The van der Waals surface area contributed by atoms with E-state index in [1.165, 1.54) is 32.7 Å². The predicted octanol–water partition coefficient (Wildman–Crippen LogP) is 2.31. The number of aromatic nitrogens is 1. The first kappa shape index (κ1) is 20.4. The number of likely N-dealkylation sites (N-methyl/N-ethyl adjacent to an activating group) is 1. The minimum atomic E-state index is -3.76. The Morgan fingerprint density at radius 2 is 2.03 bits per heavy atom. The number of rotatable bonds is 4. The molecule has 7 nitrogen and oxygen atoms in total. The predicted molar refractivity (Wildman–Crippen MR) is 109 cm³/mol. The van der Waals surface area contributed by atoms with E-state index in [1.54, 1.807) is 0 Å². The highest BCUT2D eigenvalue weighted by atomic mass is 32.2. The smallest absolute Gasteiger partial charge is 0.243 e. The number of thiazole rings is 1. The van der Waals surface area contributed by atoms with E-state index in [4.69, 9.17) is 0 Å². The summed E-state index contributed by atoms with van der Waals surface area (Å²) in [5.41, 5.74) is 1.03. The maximum absolute atomic E-state index is 13.1. The van der Waals surface area contributed by atoms with Gasteiger partial charge in [0.05, 0.1) is 16.5 Å². The monoisotopic (exact) mass is 438 g/mol. The summed E-state index contributed by atoms with van der Waals surface area (Å²) in [7, 11) is -1.70. The summed E-state index contributed by atoms with van der Waals surface area (Å²) in [6.07, 6.45) is 2.08. The number of hydrogen-bond acceptors (Lipinski definition) is 6. The summed E-state index contributed by atoms with van der Waals surface area (Å²) in [6.45, 7) is 2.24.